The number of carboxylic acids is 1. The largest absolute Gasteiger partial charge is 0.481 e. The summed E-state index contributed by atoms with van der Waals surface area (Å²) in [6, 6.07) is 0. The summed E-state index contributed by atoms with van der Waals surface area (Å²) in [4.78, 5) is 12.4. The van der Waals surface area contributed by atoms with Crippen molar-refractivity contribution in [3.05, 3.63) is 12.2 Å². The number of unbranched alkanes of at least 4 members (excludes halogenated alkanes) is 25. The molecule has 43 heavy (non-hydrogen) atoms. The van der Waals surface area contributed by atoms with Crippen LogP contribution < -0.4 is 0 Å². The SMILES string of the molecule is CCCCCCCC/C=C\CCCCCCCCC(CCCCCCCCCCCCCCCC)(CC(O)CO)C(=O)O. The van der Waals surface area contributed by atoms with Crippen LogP contribution in [0.25, 0.3) is 0 Å². The van der Waals surface area contributed by atoms with Crippen molar-refractivity contribution in [1.82, 2.24) is 0 Å². The fourth-order valence-corrected chi connectivity index (χ4v) is 6.51. The maximum atomic E-state index is 12.4. The molecule has 0 saturated heterocycles. The molecule has 4 heteroatoms. The standard InChI is InChI=1S/C39H76O4/c1-3-5-7-9-11-13-15-17-19-20-22-24-26-28-30-32-34-39(38(42)43,35-37(41)36-40)33-31-29-27-25-23-21-18-16-14-12-10-8-6-4-2/h17,19,37,40-41H,3-16,18,20-36H2,1-2H3,(H,42,43)/b19-17-. The molecule has 2 atom stereocenters. The third-order valence-corrected chi connectivity index (χ3v) is 9.47. The maximum absolute atomic E-state index is 12.4. The molecule has 0 aromatic heterocycles. The molecule has 0 amide bonds. The molecule has 256 valence electrons. The van der Waals surface area contributed by atoms with Crippen LogP contribution in [0.1, 0.15) is 213 Å². The van der Waals surface area contributed by atoms with Crippen molar-refractivity contribution < 1.29 is 20.1 Å². The molecule has 0 radical (unpaired) electrons. The minimum atomic E-state index is -0.947. The molecule has 0 aromatic carbocycles. The van der Waals surface area contributed by atoms with Gasteiger partial charge in [-0.15, -0.1) is 0 Å². The summed E-state index contributed by atoms with van der Waals surface area (Å²) < 4.78 is 0. The Hall–Kier alpha value is -0.870. The molecule has 0 aromatic rings. The molecule has 0 rings (SSSR count). The fraction of sp³-hybridized carbons (Fsp3) is 0.923. The smallest absolute Gasteiger partial charge is 0.309 e. The average molecular weight is 609 g/mol. The summed E-state index contributed by atoms with van der Waals surface area (Å²) >= 11 is 0. The summed E-state index contributed by atoms with van der Waals surface area (Å²) in [5, 5.41) is 29.8. The molecule has 0 bridgehead atoms. The number of hydrogen-bond donors (Lipinski definition) is 3. The van der Waals surface area contributed by atoms with Gasteiger partial charge in [-0.05, 0) is 44.9 Å². The van der Waals surface area contributed by atoms with Crippen LogP contribution in [0.15, 0.2) is 12.2 Å². The van der Waals surface area contributed by atoms with E-state index in [1.54, 1.807) is 0 Å². The zero-order valence-electron chi connectivity index (χ0n) is 29.1. The normalized spacial score (nSPS) is 14.0. The Balaban J connectivity index is 4.05. The van der Waals surface area contributed by atoms with Gasteiger partial charge < -0.3 is 15.3 Å². The van der Waals surface area contributed by atoms with E-state index in [0.717, 1.165) is 32.1 Å². The number of aliphatic hydroxyl groups is 2. The highest BCUT2D eigenvalue weighted by molar-refractivity contribution is 5.74. The number of hydrogen-bond acceptors (Lipinski definition) is 3. The monoisotopic (exact) mass is 609 g/mol. The molecule has 0 heterocycles. The van der Waals surface area contributed by atoms with Crippen molar-refractivity contribution in [2.24, 2.45) is 5.41 Å². The molecule has 4 nitrogen and oxygen atoms in total. The van der Waals surface area contributed by atoms with E-state index in [0.29, 0.717) is 12.8 Å². The summed E-state index contributed by atoms with van der Waals surface area (Å²) in [7, 11) is 0. The van der Waals surface area contributed by atoms with E-state index < -0.39 is 17.5 Å². The topological polar surface area (TPSA) is 77.8 Å². The van der Waals surface area contributed by atoms with Crippen molar-refractivity contribution in [3.63, 3.8) is 0 Å². The Bertz CT molecular complexity index is 604. The van der Waals surface area contributed by atoms with E-state index in [4.69, 9.17) is 0 Å². The molecular formula is C39H76O4. The van der Waals surface area contributed by atoms with Gasteiger partial charge >= 0.3 is 5.97 Å². The van der Waals surface area contributed by atoms with Crippen LogP contribution in [-0.2, 0) is 4.79 Å². The lowest BCUT2D eigenvalue weighted by Crippen LogP contribution is -2.36. The highest BCUT2D eigenvalue weighted by atomic mass is 16.4. The number of aliphatic hydroxyl groups excluding tert-OH is 2. The minimum absolute atomic E-state index is 0.169. The lowest BCUT2D eigenvalue weighted by atomic mass is 9.73. The zero-order valence-corrected chi connectivity index (χ0v) is 29.1. The van der Waals surface area contributed by atoms with Crippen molar-refractivity contribution >= 4 is 5.97 Å². The van der Waals surface area contributed by atoms with Crippen LogP contribution in [-0.4, -0.2) is 34.0 Å². The molecule has 0 fully saturated rings. The third kappa shape index (κ3) is 27.2. The molecule has 0 aliphatic carbocycles. The van der Waals surface area contributed by atoms with E-state index >= 15 is 0 Å². The zero-order chi connectivity index (χ0) is 31.7. The number of carboxylic acid groups (broad SMARTS) is 1. The van der Waals surface area contributed by atoms with Crippen LogP contribution in [0.4, 0.5) is 0 Å². The van der Waals surface area contributed by atoms with E-state index in [2.05, 4.69) is 26.0 Å². The summed E-state index contributed by atoms with van der Waals surface area (Å²) in [5.41, 5.74) is -0.903. The Labute approximate surface area is 268 Å². The third-order valence-electron chi connectivity index (χ3n) is 9.47. The first-order valence-electron chi connectivity index (χ1n) is 19.2. The van der Waals surface area contributed by atoms with Crippen molar-refractivity contribution in [2.75, 3.05) is 6.61 Å². The van der Waals surface area contributed by atoms with Gasteiger partial charge in [0.2, 0.25) is 0 Å². The average Bonchev–Trinajstić information content (AvgIpc) is 3.00. The highest BCUT2D eigenvalue weighted by Gasteiger charge is 2.39. The summed E-state index contributed by atoms with van der Waals surface area (Å²) in [6.45, 7) is 4.18. The van der Waals surface area contributed by atoms with Gasteiger partial charge in [0.1, 0.15) is 0 Å². The quantitative estimate of drug-likeness (QED) is 0.0494. The molecule has 0 saturated carbocycles. The first-order valence-corrected chi connectivity index (χ1v) is 19.2. The first-order chi connectivity index (χ1) is 21.0. The van der Waals surface area contributed by atoms with Crippen LogP contribution in [0.5, 0.6) is 0 Å². The lowest BCUT2D eigenvalue weighted by Gasteiger charge is -2.31. The number of carbonyl (C=O) groups is 1. The van der Waals surface area contributed by atoms with E-state index in [9.17, 15) is 20.1 Å². The van der Waals surface area contributed by atoms with Crippen LogP contribution in [0.2, 0.25) is 0 Å². The predicted molar refractivity (Wildman–Crippen MR) is 187 cm³/mol. The van der Waals surface area contributed by atoms with E-state index in [1.807, 2.05) is 0 Å². The molecule has 0 spiro atoms. The second kappa shape index (κ2) is 32.5. The number of aliphatic carboxylic acids is 1. The van der Waals surface area contributed by atoms with Gasteiger partial charge in [0, 0.05) is 0 Å². The molecular weight excluding hydrogens is 532 g/mol. The summed E-state index contributed by atoms with van der Waals surface area (Å²) in [6.07, 6.45) is 40.5. The Morgan fingerprint density at radius 1 is 0.535 bits per heavy atom. The lowest BCUT2D eigenvalue weighted by molar-refractivity contribution is -0.153. The molecule has 3 N–H and O–H groups in total. The number of rotatable bonds is 35. The summed E-state index contributed by atoms with van der Waals surface area (Å²) in [5.74, 6) is -0.789. The highest BCUT2D eigenvalue weighted by Crippen LogP contribution is 2.37. The van der Waals surface area contributed by atoms with Gasteiger partial charge in [-0.3, -0.25) is 4.79 Å². The van der Waals surface area contributed by atoms with Gasteiger partial charge in [-0.25, -0.2) is 0 Å². The van der Waals surface area contributed by atoms with Gasteiger partial charge in [0.25, 0.3) is 0 Å². The molecule has 0 aliphatic rings. The van der Waals surface area contributed by atoms with Crippen molar-refractivity contribution in [1.29, 1.82) is 0 Å². The minimum Gasteiger partial charge on any atom is -0.481 e. The first kappa shape index (κ1) is 42.1. The second-order valence-electron chi connectivity index (χ2n) is 13.7. The van der Waals surface area contributed by atoms with E-state index in [-0.39, 0.29) is 13.0 Å². The predicted octanol–water partition coefficient (Wildman–Crippen LogP) is 12.1. The van der Waals surface area contributed by atoms with Crippen LogP contribution in [0, 0.1) is 5.41 Å². The van der Waals surface area contributed by atoms with Crippen LogP contribution >= 0.6 is 0 Å². The number of allylic oxidation sites excluding steroid dienone is 2. The van der Waals surface area contributed by atoms with Crippen molar-refractivity contribution in [2.45, 2.75) is 219 Å². The van der Waals surface area contributed by atoms with Gasteiger partial charge in [-0.1, -0.05) is 180 Å². The maximum Gasteiger partial charge on any atom is 0.309 e. The second-order valence-corrected chi connectivity index (χ2v) is 13.7. The van der Waals surface area contributed by atoms with E-state index in [1.165, 1.54) is 148 Å². The molecule has 2 unspecified atom stereocenters. The van der Waals surface area contributed by atoms with Crippen LogP contribution in [0.3, 0.4) is 0 Å². The Morgan fingerprint density at radius 3 is 1.14 bits per heavy atom. The van der Waals surface area contributed by atoms with Gasteiger partial charge in [0.15, 0.2) is 0 Å². The Kier molecular flexibility index (Phi) is 31.9. The van der Waals surface area contributed by atoms with Gasteiger partial charge in [-0.2, -0.15) is 0 Å². The van der Waals surface area contributed by atoms with Crippen molar-refractivity contribution in [3.8, 4) is 0 Å². The Morgan fingerprint density at radius 2 is 0.837 bits per heavy atom. The fourth-order valence-electron chi connectivity index (χ4n) is 6.51. The van der Waals surface area contributed by atoms with Gasteiger partial charge in [0.05, 0.1) is 18.1 Å². The molecule has 0 aliphatic heterocycles.